The van der Waals surface area contributed by atoms with Crippen molar-refractivity contribution in [2.45, 2.75) is 11.6 Å². The minimum Gasteiger partial charge on any atom is -0.326 e. The van der Waals surface area contributed by atoms with Crippen LogP contribution in [0.5, 0.6) is 0 Å². The molecule has 7 heteroatoms. The summed E-state index contributed by atoms with van der Waals surface area (Å²) in [5, 5.41) is 12.7. The molecule has 0 atom stereocenters. The number of hydrogen-bond donors (Lipinski definition) is 1. The third-order valence-electron chi connectivity index (χ3n) is 3.57. The van der Waals surface area contributed by atoms with Crippen molar-refractivity contribution in [2.75, 3.05) is 11.1 Å². The van der Waals surface area contributed by atoms with Gasteiger partial charge in [-0.25, -0.2) is 0 Å². The van der Waals surface area contributed by atoms with Gasteiger partial charge in [-0.1, -0.05) is 53.7 Å². The van der Waals surface area contributed by atoms with Gasteiger partial charge in [0, 0.05) is 30.5 Å². The van der Waals surface area contributed by atoms with Gasteiger partial charge in [-0.2, -0.15) is 0 Å². The molecule has 5 nitrogen and oxygen atoms in total. The minimum absolute atomic E-state index is 0.0211. The third-order valence-corrected chi connectivity index (χ3v) is 4.92. The lowest BCUT2D eigenvalue weighted by Crippen LogP contribution is -2.12. The largest absolute Gasteiger partial charge is 0.326 e. The summed E-state index contributed by atoms with van der Waals surface area (Å²) in [4.78, 5) is 12.0. The summed E-state index contributed by atoms with van der Waals surface area (Å²) in [7, 11) is 1.89. The van der Waals surface area contributed by atoms with Crippen molar-refractivity contribution in [3.05, 3.63) is 59.6 Å². The van der Waals surface area contributed by atoms with Crippen LogP contribution in [0.4, 0.5) is 5.69 Å². The predicted octanol–water partition coefficient (Wildman–Crippen LogP) is 4.26. The first-order valence-corrected chi connectivity index (χ1v) is 9.13. The van der Waals surface area contributed by atoms with Crippen LogP contribution in [0.3, 0.4) is 0 Å². The standard InChI is InChI=1S/C18H17ClN4OS/c1-23-17(14-9-5-6-10-15(14)19)21-22-18(23)25-12-11-16(24)20-13-7-3-2-4-8-13/h2-10H,11-12H2,1H3,(H,20,24). The van der Waals surface area contributed by atoms with Gasteiger partial charge in [0.05, 0.1) is 5.02 Å². The quantitative estimate of drug-likeness (QED) is 0.657. The highest BCUT2D eigenvalue weighted by Gasteiger charge is 2.14. The van der Waals surface area contributed by atoms with Crippen molar-refractivity contribution < 1.29 is 4.79 Å². The molecule has 0 radical (unpaired) electrons. The molecule has 2 aromatic carbocycles. The first kappa shape index (κ1) is 17.5. The number of benzene rings is 2. The first-order chi connectivity index (χ1) is 12.1. The highest BCUT2D eigenvalue weighted by Crippen LogP contribution is 2.28. The van der Waals surface area contributed by atoms with Gasteiger partial charge < -0.3 is 9.88 Å². The summed E-state index contributed by atoms with van der Waals surface area (Å²) >= 11 is 7.71. The molecular weight excluding hydrogens is 356 g/mol. The smallest absolute Gasteiger partial charge is 0.225 e. The van der Waals surface area contributed by atoms with Crippen LogP contribution >= 0.6 is 23.4 Å². The summed E-state index contributed by atoms with van der Waals surface area (Å²) < 4.78 is 1.89. The molecule has 0 saturated heterocycles. The molecule has 1 amide bonds. The molecule has 1 aromatic heterocycles. The van der Waals surface area contributed by atoms with E-state index in [2.05, 4.69) is 15.5 Å². The average Bonchev–Trinajstić information content (AvgIpc) is 2.97. The molecule has 1 N–H and O–H groups in total. The summed E-state index contributed by atoms with van der Waals surface area (Å²) in [6.07, 6.45) is 0.397. The van der Waals surface area contributed by atoms with E-state index >= 15 is 0 Å². The highest BCUT2D eigenvalue weighted by molar-refractivity contribution is 7.99. The lowest BCUT2D eigenvalue weighted by molar-refractivity contribution is -0.115. The van der Waals surface area contributed by atoms with Gasteiger partial charge in [-0.15, -0.1) is 10.2 Å². The van der Waals surface area contributed by atoms with Crippen LogP contribution in [0.15, 0.2) is 59.8 Å². The maximum Gasteiger partial charge on any atom is 0.225 e. The molecule has 0 aliphatic rings. The number of aromatic nitrogens is 3. The number of nitrogens with zero attached hydrogens (tertiary/aromatic N) is 3. The zero-order valence-electron chi connectivity index (χ0n) is 13.6. The summed E-state index contributed by atoms with van der Waals surface area (Å²) in [6, 6.07) is 16.9. The second-order valence-electron chi connectivity index (χ2n) is 5.36. The van der Waals surface area contributed by atoms with Gasteiger partial charge in [-0.05, 0) is 24.3 Å². The highest BCUT2D eigenvalue weighted by atomic mass is 35.5. The minimum atomic E-state index is -0.0211. The molecule has 0 unspecified atom stereocenters. The van der Waals surface area contributed by atoms with Crippen LogP contribution in [0, 0.1) is 0 Å². The lowest BCUT2D eigenvalue weighted by Gasteiger charge is -2.06. The Hall–Kier alpha value is -2.31. The van der Waals surface area contributed by atoms with E-state index in [0.29, 0.717) is 23.0 Å². The Balaban J connectivity index is 1.58. The first-order valence-electron chi connectivity index (χ1n) is 7.77. The van der Waals surface area contributed by atoms with Gasteiger partial charge in [0.1, 0.15) is 0 Å². The van der Waals surface area contributed by atoms with E-state index < -0.39 is 0 Å². The summed E-state index contributed by atoms with van der Waals surface area (Å²) in [6.45, 7) is 0. The fourth-order valence-electron chi connectivity index (χ4n) is 2.30. The topological polar surface area (TPSA) is 59.8 Å². The van der Waals surface area contributed by atoms with E-state index in [1.165, 1.54) is 11.8 Å². The molecule has 1 heterocycles. The van der Waals surface area contributed by atoms with Crippen molar-refractivity contribution >= 4 is 35.0 Å². The average molecular weight is 373 g/mol. The molecule has 3 rings (SSSR count). The summed E-state index contributed by atoms with van der Waals surface area (Å²) in [5.41, 5.74) is 1.64. The normalized spacial score (nSPS) is 10.6. The Bertz CT molecular complexity index is 867. The maximum atomic E-state index is 12.0. The van der Waals surface area contributed by atoms with Crippen molar-refractivity contribution in [1.82, 2.24) is 14.8 Å². The predicted molar refractivity (Wildman–Crippen MR) is 102 cm³/mol. The molecule has 0 aliphatic carbocycles. The van der Waals surface area contributed by atoms with Crippen molar-refractivity contribution in [1.29, 1.82) is 0 Å². The molecule has 0 aliphatic heterocycles. The Morgan fingerprint density at radius 1 is 1.12 bits per heavy atom. The van der Waals surface area contributed by atoms with Gasteiger partial charge in [0.2, 0.25) is 5.91 Å². The zero-order valence-corrected chi connectivity index (χ0v) is 15.2. The Morgan fingerprint density at radius 3 is 2.60 bits per heavy atom. The Kier molecular flexibility index (Phi) is 5.73. The van der Waals surface area contributed by atoms with Crippen molar-refractivity contribution in [2.24, 2.45) is 7.05 Å². The van der Waals surface area contributed by atoms with Gasteiger partial charge in [-0.3, -0.25) is 4.79 Å². The van der Waals surface area contributed by atoms with Crippen LogP contribution in [0.1, 0.15) is 6.42 Å². The van der Waals surface area contributed by atoms with E-state index in [4.69, 9.17) is 11.6 Å². The number of rotatable bonds is 6. The van der Waals surface area contributed by atoms with Gasteiger partial charge in [0.15, 0.2) is 11.0 Å². The fraction of sp³-hybridized carbons (Fsp3) is 0.167. The molecule has 0 saturated carbocycles. The molecule has 0 bridgehead atoms. The van der Waals surface area contributed by atoms with E-state index in [1.807, 2.05) is 66.2 Å². The fourth-order valence-corrected chi connectivity index (χ4v) is 3.37. The van der Waals surface area contributed by atoms with Gasteiger partial charge >= 0.3 is 0 Å². The number of carbonyl (C=O) groups excluding carboxylic acids is 1. The maximum absolute atomic E-state index is 12.0. The second-order valence-corrected chi connectivity index (χ2v) is 6.83. The van der Waals surface area contributed by atoms with E-state index in [0.717, 1.165) is 16.4 Å². The SMILES string of the molecule is Cn1c(SCCC(=O)Nc2ccccc2)nnc1-c1ccccc1Cl. The number of hydrogen-bond acceptors (Lipinski definition) is 4. The number of amides is 1. The number of anilines is 1. The van der Waals surface area contributed by atoms with Gasteiger partial charge in [0.25, 0.3) is 0 Å². The molecule has 25 heavy (non-hydrogen) atoms. The molecule has 0 fully saturated rings. The number of nitrogens with one attached hydrogen (secondary N) is 1. The number of para-hydroxylation sites is 1. The molecule has 0 spiro atoms. The monoisotopic (exact) mass is 372 g/mol. The number of carbonyl (C=O) groups is 1. The Morgan fingerprint density at radius 2 is 1.84 bits per heavy atom. The van der Waals surface area contributed by atoms with Crippen molar-refractivity contribution in [3.8, 4) is 11.4 Å². The second kappa shape index (κ2) is 8.18. The van der Waals surface area contributed by atoms with Crippen LogP contribution in [0.2, 0.25) is 5.02 Å². The van der Waals surface area contributed by atoms with E-state index in [-0.39, 0.29) is 5.91 Å². The molecule has 3 aromatic rings. The van der Waals surface area contributed by atoms with E-state index in [9.17, 15) is 4.79 Å². The van der Waals surface area contributed by atoms with Crippen LogP contribution < -0.4 is 5.32 Å². The third kappa shape index (κ3) is 4.41. The number of halogens is 1. The summed E-state index contributed by atoms with van der Waals surface area (Å²) in [5.74, 6) is 1.31. The van der Waals surface area contributed by atoms with Crippen LogP contribution in [-0.4, -0.2) is 26.4 Å². The lowest BCUT2D eigenvalue weighted by atomic mass is 10.2. The van der Waals surface area contributed by atoms with E-state index in [1.54, 1.807) is 0 Å². The van der Waals surface area contributed by atoms with Crippen LogP contribution in [-0.2, 0) is 11.8 Å². The molecule has 128 valence electrons. The number of thioether (sulfide) groups is 1. The zero-order chi connectivity index (χ0) is 17.6. The Labute approximate surface area is 155 Å². The van der Waals surface area contributed by atoms with Crippen LogP contribution in [0.25, 0.3) is 11.4 Å². The molecular formula is C18H17ClN4OS. The van der Waals surface area contributed by atoms with Crippen molar-refractivity contribution in [3.63, 3.8) is 0 Å².